The van der Waals surface area contributed by atoms with E-state index in [1.807, 2.05) is 0 Å². The van der Waals surface area contributed by atoms with Crippen molar-refractivity contribution < 1.29 is 13.9 Å². The molecule has 3 heteroatoms. The van der Waals surface area contributed by atoms with Gasteiger partial charge in [0.1, 0.15) is 0 Å². The van der Waals surface area contributed by atoms with Gasteiger partial charge in [0.2, 0.25) is 0 Å². The van der Waals surface area contributed by atoms with Gasteiger partial charge >= 0.3 is 6.11 Å². The van der Waals surface area contributed by atoms with Crippen LogP contribution in [0.5, 0.6) is 0 Å². The number of hydrogen-bond acceptors (Lipinski definition) is 1. The van der Waals surface area contributed by atoms with Crippen LogP contribution in [0.25, 0.3) is 0 Å². The summed E-state index contributed by atoms with van der Waals surface area (Å²) in [5.74, 6) is 0.647. The quantitative estimate of drug-likeness (QED) is 0.764. The van der Waals surface area contributed by atoms with Crippen molar-refractivity contribution in [3.8, 4) is 0 Å². The Kier molecular flexibility index (Phi) is 3.83. The molecule has 0 aliphatic heterocycles. The molecule has 2 aliphatic carbocycles. The Morgan fingerprint density at radius 3 is 1.75 bits per heavy atom. The first kappa shape index (κ1) is 12.3. The van der Waals surface area contributed by atoms with Crippen molar-refractivity contribution in [3.63, 3.8) is 0 Å². The topological polar surface area (TPSA) is 20.2 Å². The summed E-state index contributed by atoms with van der Waals surface area (Å²) in [6.45, 7) is 0. The fraction of sp³-hybridized carbons (Fsp3) is 1.00. The van der Waals surface area contributed by atoms with Gasteiger partial charge in [0, 0.05) is 0 Å². The molecule has 0 saturated heterocycles. The molecule has 0 amide bonds. The highest BCUT2D eigenvalue weighted by Gasteiger charge is 2.40. The molecule has 0 aromatic heterocycles. The highest BCUT2D eigenvalue weighted by Crippen LogP contribution is 2.43. The average Bonchev–Trinajstić information content (AvgIpc) is 2.29. The molecule has 2 fully saturated rings. The molecule has 16 heavy (non-hydrogen) atoms. The number of alkyl halides is 2. The summed E-state index contributed by atoms with van der Waals surface area (Å²) in [5.41, 5.74) is 0. The van der Waals surface area contributed by atoms with Crippen LogP contribution in [0.1, 0.15) is 57.8 Å². The van der Waals surface area contributed by atoms with E-state index in [0.29, 0.717) is 18.8 Å². The van der Waals surface area contributed by atoms with Crippen LogP contribution in [0.15, 0.2) is 0 Å². The van der Waals surface area contributed by atoms with Crippen LogP contribution >= 0.6 is 0 Å². The summed E-state index contributed by atoms with van der Waals surface area (Å²) >= 11 is 0. The third-order valence-corrected chi connectivity index (χ3v) is 4.58. The van der Waals surface area contributed by atoms with E-state index in [0.717, 1.165) is 18.8 Å². The molecular weight excluding hydrogens is 210 g/mol. The summed E-state index contributed by atoms with van der Waals surface area (Å²) in [6, 6.07) is 0. The lowest BCUT2D eigenvalue weighted by atomic mass is 9.71. The Hall–Kier alpha value is -0.180. The van der Waals surface area contributed by atoms with Crippen molar-refractivity contribution in [3.05, 3.63) is 0 Å². The lowest BCUT2D eigenvalue weighted by molar-refractivity contribution is -0.244. The van der Waals surface area contributed by atoms with E-state index in [1.165, 1.54) is 32.1 Å². The van der Waals surface area contributed by atoms with E-state index in [-0.39, 0.29) is 0 Å². The van der Waals surface area contributed by atoms with Crippen LogP contribution < -0.4 is 0 Å². The lowest BCUT2D eigenvalue weighted by Crippen LogP contribution is -2.33. The van der Waals surface area contributed by atoms with Crippen molar-refractivity contribution in [2.45, 2.75) is 63.9 Å². The van der Waals surface area contributed by atoms with Crippen LogP contribution in [0.2, 0.25) is 0 Å². The molecule has 0 unspecified atom stereocenters. The maximum atomic E-state index is 12.7. The van der Waals surface area contributed by atoms with Crippen LogP contribution in [0, 0.1) is 17.8 Å². The highest BCUT2D eigenvalue weighted by molar-refractivity contribution is 4.82. The first-order valence-electron chi connectivity index (χ1n) is 6.67. The molecule has 0 radical (unpaired) electrons. The molecular formula is C13H22F2O. The predicted molar refractivity (Wildman–Crippen MR) is 59.2 cm³/mol. The second-order valence-electron chi connectivity index (χ2n) is 5.60. The second kappa shape index (κ2) is 4.99. The third kappa shape index (κ3) is 2.93. The van der Waals surface area contributed by atoms with E-state index in [4.69, 9.17) is 5.11 Å². The minimum Gasteiger partial charge on any atom is -0.336 e. The van der Waals surface area contributed by atoms with Gasteiger partial charge in [-0.25, -0.2) is 0 Å². The SMILES string of the molecule is OC(F)(F)C1CCC(C2CCCCC2)CC1. The maximum Gasteiger partial charge on any atom is 0.356 e. The van der Waals surface area contributed by atoms with Crippen molar-refractivity contribution in [1.29, 1.82) is 0 Å². The van der Waals surface area contributed by atoms with Gasteiger partial charge in [-0.1, -0.05) is 32.1 Å². The molecule has 2 rings (SSSR count). The van der Waals surface area contributed by atoms with Crippen LogP contribution in [0.3, 0.4) is 0 Å². The molecule has 2 aliphatic rings. The smallest absolute Gasteiger partial charge is 0.336 e. The Morgan fingerprint density at radius 1 is 0.750 bits per heavy atom. The molecule has 0 spiro atoms. The van der Waals surface area contributed by atoms with Gasteiger partial charge in [-0.3, -0.25) is 0 Å². The van der Waals surface area contributed by atoms with Crippen molar-refractivity contribution in [2.75, 3.05) is 0 Å². The summed E-state index contributed by atoms with van der Waals surface area (Å²) < 4.78 is 25.5. The fourth-order valence-corrected chi connectivity index (χ4v) is 3.54. The zero-order valence-corrected chi connectivity index (χ0v) is 9.80. The van der Waals surface area contributed by atoms with Crippen molar-refractivity contribution >= 4 is 0 Å². The molecule has 2 saturated carbocycles. The molecule has 94 valence electrons. The molecule has 1 N–H and O–H groups in total. The van der Waals surface area contributed by atoms with Crippen molar-refractivity contribution in [1.82, 2.24) is 0 Å². The molecule has 0 aromatic carbocycles. The van der Waals surface area contributed by atoms with Gasteiger partial charge in [-0.2, -0.15) is 8.78 Å². The van der Waals surface area contributed by atoms with Gasteiger partial charge < -0.3 is 5.11 Å². The number of rotatable bonds is 2. The lowest BCUT2D eigenvalue weighted by Gasteiger charge is -2.36. The standard InChI is InChI=1S/C13H22F2O/c14-13(15,16)12-8-6-11(7-9-12)10-4-2-1-3-5-10/h10-12,16H,1-9H2. The predicted octanol–water partition coefficient (Wildman–Crippen LogP) is 3.96. The van der Waals surface area contributed by atoms with Crippen LogP contribution in [-0.2, 0) is 0 Å². The molecule has 1 nitrogen and oxygen atoms in total. The first-order valence-corrected chi connectivity index (χ1v) is 6.67. The second-order valence-corrected chi connectivity index (χ2v) is 5.60. The Bertz CT molecular complexity index is 210. The number of hydrogen-bond donors (Lipinski definition) is 1. The highest BCUT2D eigenvalue weighted by atomic mass is 19.3. The van der Waals surface area contributed by atoms with Gasteiger partial charge in [-0.05, 0) is 37.5 Å². The average molecular weight is 232 g/mol. The Morgan fingerprint density at radius 2 is 1.25 bits per heavy atom. The third-order valence-electron chi connectivity index (χ3n) is 4.58. The van der Waals surface area contributed by atoms with Gasteiger partial charge in [0.25, 0.3) is 0 Å². The van der Waals surface area contributed by atoms with Gasteiger partial charge in [0.15, 0.2) is 0 Å². The molecule has 0 atom stereocenters. The minimum atomic E-state index is -3.45. The van der Waals surface area contributed by atoms with E-state index >= 15 is 0 Å². The zero-order valence-electron chi connectivity index (χ0n) is 9.80. The summed E-state index contributed by atoms with van der Waals surface area (Å²) in [5, 5.41) is 8.71. The molecule has 0 aromatic rings. The number of aliphatic hydroxyl groups is 1. The van der Waals surface area contributed by atoms with E-state index < -0.39 is 12.0 Å². The summed E-state index contributed by atoms with van der Waals surface area (Å²) in [4.78, 5) is 0. The molecule has 0 heterocycles. The van der Waals surface area contributed by atoms with Crippen LogP contribution in [-0.4, -0.2) is 11.2 Å². The molecule has 0 bridgehead atoms. The van der Waals surface area contributed by atoms with Gasteiger partial charge in [0.05, 0.1) is 5.92 Å². The first-order chi connectivity index (χ1) is 7.57. The normalized spacial score (nSPS) is 33.9. The zero-order chi connectivity index (χ0) is 11.6. The van der Waals surface area contributed by atoms with Crippen molar-refractivity contribution in [2.24, 2.45) is 17.8 Å². The van der Waals surface area contributed by atoms with E-state index in [1.54, 1.807) is 0 Å². The summed E-state index contributed by atoms with van der Waals surface area (Å²) in [6.07, 6.45) is 5.93. The largest absolute Gasteiger partial charge is 0.356 e. The van der Waals surface area contributed by atoms with Crippen LogP contribution in [0.4, 0.5) is 8.78 Å². The van der Waals surface area contributed by atoms with E-state index in [2.05, 4.69) is 0 Å². The van der Waals surface area contributed by atoms with Gasteiger partial charge in [-0.15, -0.1) is 0 Å². The van der Waals surface area contributed by atoms with E-state index in [9.17, 15) is 8.78 Å². The Labute approximate surface area is 96.2 Å². The minimum absolute atomic E-state index is 0.505. The fourth-order valence-electron chi connectivity index (χ4n) is 3.54. The summed E-state index contributed by atoms with van der Waals surface area (Å²) in [7, 11) is 0. The monoisotopic (exact) mass is 232 g/mol. The number of halogens is 2. The Balaban J connectivity index is 1.80. The maximum absolute atomic E-state index is 12.7.